The van der Waals surface area contributed by atoms with Crippen molar-refractivity contribution in [3.8, 4) is 5.75 Å². The van der Waals surface area contributed by atoms with Crippen molar-refractivity contribution in [3.05, 3.63) is 36.7 Å². The molecular weight excluding hydrogens is 449 g/mol. The molecule has 29 heavy (non-hydrogen) atoms. The number of ether oxygens (including phenoxy) is 1. The molecule has 16 heteroatoms. The van der Waals surface area contributed by atoms with Crippen LogP contribution in [0.15, 0.2) is 41.6 Å². The van der Waals surface area contributed by atoms with Crippen LogP contribution >= 0.6 is 0 Å². The normalized spacial score (nSPS) is 13.7. The van der Waals surface area contributed by atoms with Crippen LogP contribution in [0.4, 0.5) is 39.5 Å². The van der Waals surface area contributed by atoms with Crippen LogP contribution < -0.4 is 20.3 Å². The van der Waals surface area contributed by atoms with Gasteiger partial charge in [0.1, 0.15) is 11.6 Å². The van der Waals surface area contributed by atoms with Crippen molar-refractivity contribution in [3.63, 3.8) is 0 Å². The van der Waals surface area contributed by atoms with Gasteiger partial charge in [0.15, 0.2) is 0 Å². The molecule has 0 fully saturated rings. The number of hydrazine groups is 1. The largest absolute Gasteiger partial charge is 0.573 e. The number of hydrogen-bond donors (Lipinski definition) is 3. The molecule has 1 aromatic rings. The van der Waals surface area contributed by atoms with E-state index >= 15 is 0 Å². The molecule has 1 rings (SSSR count). The number of sulfonamides is 1. The molecule has 0 saturated carbocycles. The number of rotatable bonds is 7. The van der Waals surface area contributed by atoms with E-state index in [9.17, 15) is 47.9 Å². The Bertz CT molecular complexity index is 816. The number of nitrogens with one attached hydrogen (secondary N) is 3. The smallest absolute Gasteiger partial charge is 0.406 e. The molecule has 1 aromatic carbocycles. The van der Waals surface area contributed by atoms with Gasteiger partial charge in [0.05, 0.1) is 4.90 Å². The van der Waals surface area contributed by atoms with E-state index in [2.05, 4.69) is 11.3 Å². The molecule has 0 bridgehead atoms. The molecule has 0 heterocycles. The highest BCUT2D eigenvalue weighted by molar-refractivity contribution is 7.89. The van der Waals surface area contributed by atoms with Crippen LogP contribution in [0.5, 0.6) is 5.75 Å². The third kappa shape index (κ3) is 6.31. The van der Waals surface area contributed by atoms with Gasteiger partial charge in [0.25, 0.3) is 10.0 Å². The Morgan fingerprint density at radius 2 is 1.38 bits per heavy atom. The van der Waals surface area contributed by atoms with E-state index in [1.54, 1.807) is 0 Å². The molecule has 0 spiro atoms. The fourth-order valence-corrected chi connectivity index (χ4v) is 2.51. The van der Waals surface area contributed by atoms with E-state index in [1.165, 1.54) is 10.3 Å². The summed E-state index contributed by atoms with van der Waals surface area (Å²) in [6.45, 7) is 2.60. The summed E-state index contributed by atoms with van der Waals surface area (Å²) < 4.78 is 140. The van der Waals surface area contributed by atoms with Gasteiger partial charge in [-0.2, -0.15) is 26.3 Å². The summed E-state index contributed by atoms with van der Waals surface area (Å²) in [5, 5.41) is 1.00. The van der Waals surface area contributed by atoms with Crippen LogP contribution in [0.1, 0.15) is 6.92 Å². The maximum absolute atomic E-state index is 12.8. The first-order chi connectivity index (χ1) is 12.8. The monoisotopic (exact) mass is 461 g/mol. The summed E-state index contributed by atoms with van der Waals surface area (Å²) in [6, 6.07) is 2.55. The van der Waals surface area contributed by atoms with Crippen LogP contribution in [0, 0.1) is 0 Å². The van der Waals surface area contributed by atoms with E-state index in [0.717, 1.165) is 5.32 Å². The average molecular weight is 461 g/mol. The number of benzene rings is 1. The van der Waals surface area contributed by atoms with Crippen molar-refractivity contribution >= 4 is 10.0 Å². The third-order valence-corrected chi connectivity index (χ3v) is 4.50. The van der Waals surface area contributed by atoms with Gasteiger partial charge in [-0.1, -0.05) is 6.58 Å². The summed E-state index contributed by atoms with van der Waals surface area (Å²) in [4.78, 5) is 0.752. The second-order valence-electron chi connectivity index (χ2n) is 5.47. The van der Waals surface area contributed by atoms with Crippen LogP contribution in [-0.2, 0) is 10.0 Å². The average Bonchev–Trinajstić information content (AvgIpc) is 2.50. The molecule has 6 nitrogen and oxygen atoms in total. The van der Waals surface area contributed by atoms with Crippen LogP contribution in [0.2, 0.25) is 0 Å². The Morgan fingerprint density at radius 3 is 1.76 bits per heavy atom. The van der Waals surface area contributed by atoms with Gasteiger partial charge >= 0.3 is 18.7 Å². The summed E-state index contributed by atoms with van der Waals surface area (Å²) in [7, 11) is -4.60. The number of alkyl halides is 9. The molecule has 3 N–H and O–H groups in total. The number of halogens is 9. The van der Waals surface area contributed by atoms with Gasteiger partial charge in [-0.15, -0.1) is 18.0 Å². The molecule has 0 amide bonds. The zero-order valence-electron chi connectivity index (χ0n) is 14.1. The highest BCUT2D eigenvalue weighted by atomic mass is 32.2. The minimum Gasteiger partial charge on any atom is -0.406 e. The Morgan fingerprint density at radius 1 is 0.931 bits per heavy atom. The second-order valence-corrected chi connectivity index (χ2v) is 7.16. The topological polar surface area (TPSA) is 79.5 Å². The van der Waals surface area contributed by atoms with Crippen molar-refractivity contribution in [1.29, 1.82) is 0 Å². The van der Waals surface area contributed by atoms with Crippen molar-refractivity contribution in [1.82, 2.24) is 15.6 Å². The molecule has 0 aliphatic heterocycles. The summed E-state index contributed by atoms with van der Waals surface area (Å²) in [5.74, 6) is -1.97. The van der Waals surface area contributed by atoms with E-state index in [4.69, 9.17) is 0 Å². The maximum atomic E-state index is 12.8. The lowest BCUT2D eigenvalue weighted by Gasteiger charge is -2.36. The van der Waals surface area contributed by atoms with Crippen molar-refractivity contribution in [2.75, 3.05) is 0 Å². The van der Waals surface area contributed by atoms with Crippen molar-refractivity contribution in [2.24, 2.45) is 0 Å². The fourth-order valence-electron chi connectivity index (χ4n) is 1.64. The lowest BCUT2D eigenvalue weighted by molar-refractivity contribution is -0.299. The molecule has 0 saturated heterocycles. The Balaban J connectivity index is 2.87. The Kier molecular flexibility index (Phi) is 6.65. The molecule has 0 unspecified atom stereocenters. The molecule has 166 valence electrons. The SMILES string of the molecule is C=C(NNS(=O)(=O)c1ccc(OC(F)(F)F)cc1)NC(C)(C(F)(F)F)C(F)(F)F. The van der Waals surface area contributed by atoms with Crippen molar-refractivity contribution in [2.45, 2.75) is 36.1 Å². The first kappa shape index (κ1) is 24.7. The summed E-state index contributed by atoms with van der Waals surface area (Å²) in [6.07, 6.45) is -16.7. The lowest BCUT2D eigenvalue weighted by atomic mass is 10.0. The minimum atomic E-state index is -5.82. The lowest BCUT2D eigenvalue weighted by Crippen LogP contribution is -2.65. The van der Waals surface area contributed by atoms with Gasteiger partial charge in [-0.05, 0) is 31.2 Å². The molecule has 0 aliphatic carbocycles. The van der Waals surface area contributed by atoms with Gasteiger partial charge in [-0.3, -0.25) is 5.43 Å². The molecule has 0 radical (unpaired) electrons. The quantitative estimate of drug-likeness (QED) is 0.429. The molecule has 0 atom stereocenters. The zero-order valence-corrected chi connectivity index (χ0v) is 14.9. The molecular formula is C13H12F9N3O3S. The second kappa shape index (κ2) is 7.81. The Labute approximate surface area is 157 Å². The fraction of sp³-hybridized carbons (Fsp3) is 0.385. The predicted molar refractivity (Wildman–Crippen MR) is 79.4 cm³/mol. The van der Waals surface area contributed by atoms with Gasteiger partial charge in [0.2, 0.25) is 5.54 Å². The predicted octanol–water partition coefficient (Wildman–Crippen LogP) is 3.31. The van der Waals surface area contributed by atoms with Crippen LogP contribution in [0.3, 0.4) is 0 Å². The highest BCUT2D eigenvalue weighted by Crippen LogP contribution is 2.43. The first-order valence-electron chi connectivity index (χ1n) is 7.03. The first-order valence-corrected chi connectivity index (χ1v) is 8.51. The summed E-state index contributed by atoms with van der Waals surface area (Å²) >= 11 is 0. The highest BCUT2D eigenvalue weighted by Gasteiger charge is 2.68. The Hall–Kier alpha value is -2.36. The van der Waals surface area contributed by atoms with Crippen LogP contribution in [0.25, 0.3) is 0 Å². The summed E-state index contributed by atoms with van der Waals surface area (Å²) in [5.41, 5.74) is -2.93. The third-order valence-electron chi connectivity index (χ3n) is 3.24. The van der Waals surface area contributed by atoms with E-state index in [0.29, 0.717) is 24.3 Å². The van der Waals surface area contributed by atoms with E-state index in [-0.39, 0.29) is 6.92 Å². The standard InChI is InChI=1S/C13H12F9N3O3S/c1-7(23-10(2,11(14,15)16)12(17,18)19)24-25-29(26,27)9-5-3-8(4-6-9)28-13(20,21)22/h3-6,23-25H,1H2,2H3. The minimum absolute atomic E-state index is 0.228. The maximum Gasteiger partial charge on any atom is 0.573 e. The van der Waals surface area contributed by atoms with Gasteiger partial charge in [0, 0.05) is 0 Å². The molecule has 0 aliphatic rings. The van der Waals surface area contributed by atoms with Crippen LogP contribution in [-0.4, -0.2) is 32.7 Å². The molecule has 0 aromatic heterocycles. The van der Waals surface area contributed by atoms with Crippen molar-refractivity contribution < 1.29 is 52.7 Å². The van der Waals surface area contributed by atoms with Gasteiger partial charge < -0.3 is 10.1 Å². The van der Waals surface area contributed by atoms with E-state index in [1.807, 2.05) is 0 Å². The van der Waals surface area contributed by atoms with Gasteiger partial charge in [-0.25, -0.2) is 8.42 Å². The number of hydrogen-bond acceptors (Lipinski definition) is 5. The van der Waals surface area contributed by atoms with E-state index < -0.39 is 50.7 Å². The zero-order chi connectivity index (χ0) is 22.9.